The first-order valence-corrected chi connectivity index (χ1v) is 6.94. The molecular weight excluding hydrogens is 234 g/mol. The summed E-state index contributed by atoms with van der Waals surface area (Å²) in [5.41, 5.74) is 2.32. The Labute approximate surface area is 116 Å². The fraction of sp³-hybridized carbons (Fsp3) is 0.471. The summed E-state index contributed by atoms with van der Waals surface area (Å²) in [6.07, 6.45) is 5.11. The lowest BCUT2D eigenvalue weighted by molar-refractivity contribution is -0.137. The Kier molecular flexibility index (Phi) is 3.79. The van der Waals surface area contributed by atoms with E-state index in [4.69, 9.17) is 0 Å². The molecule has 0 aromatic heterocycles. The average molecular weight is 257 g/mol. The molecule has 0 fully saturated rings. The van der Waals surface area contributed by atoms with Gasteiger partial charge in [0.2, 0.25) is 5.91 Å². The largest absolute Gasteiger partial charge is 0.319 e. The SMILES string of the molecule is Cc1ccc(C2C=CN(C(=O)C(C)(C)C)CC2)cc1. The Morgan fingerprint density at radius 2 is 1.84 bits per heavy atom. The van der Waals surface area contributed by atoms with Crippen LogP contribution >= 0.6 is 0 Å². The molecule has 0 bridgehead atoms. The number of hydrogen-bond acceptors (Lipinski definition) is 1. The molecule has 1 amide bonds. The van der Waals surface area contributed by atoms with E-state index < -0.39 is 0 Å². The van der Waals surface area contributed by atoms with Crippen LogP contribution in [0.1, 0.15) is 44.2 Å². The Hall–Kier alpha value is -1.57. The molecule has 2 heteroatoms. The number of aryl methyl sites for hydroxylation is 1. The lowest BCUT2D eigenvalue weighted by Crippen LogP contribution is -2.38. The number of hydrogen-bond donors (Lipinski definition) is 0. The van der Waals surface area contributed by atoms with Gasteiger partial charge in [-0.15, -0.1) is 0 Å². The van der Waals surface area contributed by atoms with Crippen molar-refractivity contribution in [1.82, 2.24) is 4.90 Å². The standard InChI is InChI=1S/C17H23NO/c1-13-5-7-14(8-6-13)15-9-11-18(12-10-15)16(19)17(2,3)4/h5-9,11,15H,10,12H2,1-4H3. The third kappa shape index (κ3) is 3.25. The summed E-state index contributed by atoms with van der Waals surface area (Å²) in [6.45, 7) is 8.81. The van der Waals surface area contributed by atoms with Crippen LogP contribution in [-0.2, 0) is 4.79 Å². The molecule has 1 heterocycles. The molecule has 1 aromatic rings. The quantitative estimate of drug-likeness (QED) is 0.748. The predicted molar refractivity (Wildman–Crippen MR) is 78.8 cm³/mol. The second-order valence-corrected chi connectivity index (χ2v) is 6.40. The normalized spacial score (nSPS) is 19.6. The summed E-state index contributed by atoms with van der Waals surface area (Å²) < 4.78 is 0. The van der Waals surface area contributed by atoms with Crippen molar-refractivity contribution in [2.75, 3.05) is 6.54 Å². The van der Waals surface area contributed by atoms with Crippen molar-refractivity contribution in [3.05, 3.63) is 47.7 Å². The van der Waals surface area contributed by atoms with Gasteiger partial charge in [-0.05, 0) is 18.9 Å². The maximum Gasteiger partial charge on any atom is 0.231 e. The molecule has 0 saturated heterocycles. The monoisotopic (exact) mass is 257 g/mol. The molecule has 1 aromatic carbocycles. The summed E-state index contributed by atoms with van der Waals surface area (Å²) in [6, 6.07) is 8.67. The third-order valence-electron chi connectivity index (χ3n) is 3.59. The third-order valence-corrected chi connectivity index (χ3v) is 3.59. The zero-order valence-electron chi connectivity index (χ0n) is 12.3. The van der Waals surface area contributed by atoms with Crippen LogP contribution in [0.15, 0.2) is 36.5 Å². The van der Waals surface area contributed by atoms with Gasteiger partial charge in [0, 0.05) is 24.1 Å². The highest BCUT2D eigenvalue weighted by atomic mass is 16.2. The topological polar surface area (TPSA) is 20.3 Å². The highest BCUT2D eigenvalue weighted by molar-refractivity contribution is 5.82. The second-order valence-electron chi connectivity index (χ2n) is 6.40. The Balaban J connectivity index is 2.08. The van der Waals surface area contributed by atoms with Gasteiger partial charge in [0.25, 0.3) is 0 Å². The van der Waals surface area contributed by atoms with Crippen LogP contribution in [-0.4, -0.2) is 17.4 Å². The van der Waals surface area contributed by atoms with Crippen LogP contribution in [0.2, 0.25) is 0 Å². The zero-order valence-corrected chi connectivity index (χ0v) is 12.3. The van der Waals surface area contributed by atoms with Crippen molar-refractivity contribution >= 4 is 5.91 Å². The minimum Gasteiger partial charge on any atom is -0.319 e. The van der Waals surface area contributed by atoms with E-state index >= 15 is 0 Å². The van der Waals surface area contributed by atoms with E-state index in [1.807, 2.05) is 31.9 Å². The second kappa shape index (κ2) is 5.20. The van der Waals surface area contributed by atoms with Gasteiger partial charge in [0.1, 0.15) is 0 Å². The van der Waals surface area contributed by atoms with E-state index in [0.717, 1.165) is 13.0 Å². The fourth-order valence-electron chi connectivity index (χ4n) is 2.35. The smallest absolute Gasteiger partial charge is 0.231 e. The van der Waals surface area contributed by atoms with Crippen LogP contribution in [0.3, 0.4) is 0 Å². The van der Waals surface area contributed by atoms with Gasteiger partial charge >= 0.3 is 0 Å². The van der Waals surface area contributed by atoms with E-state index in [9.17, 15) is 4.79 Å². The van der Waals surface area contributed by atoms with Crippen LogP contribution in [0.4, 0.5) is 0 Å². The molecule has 1 unspecified atom stereocenters. The number of carbonyl (C=O) groups is 1. The molecule has 2 rings (SSSR count). The van der Waals surface area contributed by atoms with Crippen LogP contribution in [0, 0.1) is 12.3 Å². The Bertz CT molecular complexity index is 479. The fourth-order valence-corrected chi connectivity index (χ4v) is 2.35. The average Bonchev–Trinajstić information content (AvgIpc) is 2.38. The first-order chi connectivity index (χ1) is 8.88. The molecule has 1 aliphatic heterocycles. The molecule has 2 nitrogen and oxygen atoms in total. The first kappa shape index (κ1) is 13.9. The summed E-state index contributed by atoms with van der Waals surface area (Å²) in [5, 5.41) is 0. The number of nitrogens with zero attached hydrogens (tertiary/aromatic N) is 1. The summed E-state index contributed by atoms with van der Waals surface area (Å²) in [5.74, 6) is 0.635. The summed E-state index contributed by atoms with van der Waals surface area (Å²) in [4.78, 5) is 14.0. The van der Waals surface area contributed by atoms with Gasteiger partial charge in [0.05, 0.1) is 0 Å². The Morgan fingerprint density at radius 3 is 2.32 bits per heavy atom. The van der Waals surface area contributed by atoms with E-state index in [-0.39, 0.29) is 11.3 Å². The van der Waals surface area contributed by atoms with Gasteiger partial charge in [-0.2, -0.15) is 0 Å². The van der Waals surface area contributed by atoms with Crippen molar-refractivity contribution < 1.29 is 4.79 Å². The van der Waals surface area contributed by atoms with Crippen molar-refractivity contribution in [2.45, 2.75) is 40.0 Å². The predicted octanol–water partition coefficient (Wildman–Crippen LogP) is 3.87. The molecule has 19 heavy (non-hydrogen) atoms. The first-order valence-electron chi connectivity index (χ1n) is 6.94. The highest BCUT2D eigenvalue weighted by Crippen LogP contribution is 2.28. The van der Waals surface area contributed by atoms with Gasteiger partial charge in [-0.3, -0.25) is 4.79 Å². The van der Waals surface area contributed by atoms with Crippen LogP contribution < -0.4 is 0 Å². The van der Waals surface area contributed by atoms with Gasteiger partial charge < -0.3 is 4.90 Å². The van der Waals surface area contributed by atoms with Crippen molar-refractivity contribution in [3.8, 4) is 0 Å². The molecular formula is C17H23NO. The highest BCUT2D eigenvalue weighted by Gasteiger charge is 2.28. The van der Waals surface area contributed by atoms with E-state index in [2.05, 4.69) is 37.3 Å². The lowest BCUT2D eigenvalue weighted by Gasteiger charge is -2.31. The van der Waals surface area contributed by atoms with Crippen LogP contribution in [0.5, 0.6) is 0 Å². The maximum atomic E-state index is 12.2. The van der Waals surface area contributed by atoms with Gasteiger partial charge in [0.15, 0.2) is 0 Å². The minimum absolute atomic E-state index is 0.200. The van der Waals surface area contributed by atoms with E-state index in [1.165, 1.54) is 11.1 Å². The molecule has 0 aliphatic carbocycles. The summed E-state index contributed by atoms with van der Waals surface area (Å²) in [7, 11) is 0. The van der Waals surface area contributed by atoms with E-state index in [0.29, 0.717) is 5.92 Å². The number of rotatable bonds is 1. The summed E-state index contributed by atoms with van der Waals surface area (Å²) >= 11 is 0. The number of allylic oxidation sites excluding steroid dienone is 1. The number of carbonyl (C=O) groups excluding carboxylic acids is 1. The van der Waals surface area contributed by atoms with Gasteiger partial charge in [-0.25, -0.2) is 0 Å². The van der Waals surface area contributed by atoms with Crippen molar-refractivity contribution in [3.63, 3.8) is 0 Å². The maximum absolute atomic E-state index is 12.2. The van der Waals surface area contributed by atoms with E-state index in [1.54, 1.807) is 0 Å². The minimum atomic E-state index is -0.305. The Morgan fingerprint density at radius 1 is 1.21 bits per heavy atom. The van der Waals surface area contributed by atoms with Crippen LogP contribution in [0.25, 0.3) is 0 Å². The van der Waals surface area contributed by atoms with Crippen molar-refractivity contribution in [2.24, 2.45) is 5.41 Å². The molecule has 1 atom stereocenters. The molecule has 0 radical (unpaired) electrons. The number of benzene rings is 1. The number of amides is 1. The van der Waals surface area contributed by atoms with Crippen molar-refractivity contribution in [1.29, 1.82) is 0 Å². The van der Waals surface area contributed by atoms with Gasteiger partial charge in [-0.1, -0.05) is 56.7 Å². The molecule has 0 spiro atoms. The molecule has 0 saturated carbocycles. The molecule has 102 valence electrons. The molecule has 0 N–H and O–H groups in total. The zero-order chi connectivity index (χ0) is 14.0. The lowest BCUT2D eigenvalue weighted by atomic mass is 9.90. The molecule has 1 aliphatic rings.